The number of nitrogens with zero attached hydrogens (tertiary/aromatic N) is 5. The van der Waals surface area contributed by atoms with E-state index in [0.717, 1.165) is 4.90 Å². The van der Waals surface area contributed by atoms with E-state index in [0.29, 0.717) is 22.9 Å². The quantitative estimate of drug-likeness (QED) is 0.0439. The number of β-lactam (4-membered cyclic amide) rings is 1. The van der Waals surface area contributed by atoms with E-state index in [-0.39, 0.29) is 29.8 Å². The molecule has 2 atom stereocenters. The van der Waals surface area contributed by atoms with Crippen molar-refractivity contribution in [1.82, 2.24) is 19.6 Å². The molecule has 2 aromatic heterocycles. The van der Waals surface area contributed by atoms with E-state index >= 15 is 0 Å². The third-order valence-electron chi connectivity index (χ3n) is 5.13. The van der Waals surface area contributed by atoms with Crippen LogP contribution in [0.15, 0.2) is 59.7 Å². The molecule has 0 saturated carbocycles. The summed E-state index contributed by atoms with van der Waals surface area (Å²) < 4.78 is 16.8. The number of carboxylic acid groups (broad SMARTS) is 1. The molecule has 4 heterocycles. The topological polar surface area (TPSA) is 208 Å². The SMILES string of the molecule is C=CCON=C(C(=O)NC1C(=O)N2C(C(=O)O)=C(C[n+]3ccccc3)CS[C@H]12)c1nsc(NP(=O)(O)O)n1. The lowest BCUT2D eigenvalue weighted by Crippen LogP contribution is -2.71. The molecule has 2 aliphatic rings. The van der Waals surface area contributed by atoms with Crippen LogP contribution in [-0.4, -0.2) is 76.4 Å². The van der Waals surface area contributed by atoms with Crippen molar-refractivity contribution in [1.29, 1.82) is 0 Å². The zero-order valence-corrected chi connectivity index (χ0v) is 21.9. The number of pyridine rings is 1. The largest absolute Gasteiger partial charge is 0.477 e. The molecule has 0 spiro atoms. The summed E-state index contributed by atoms with van der Waals surface area (Å²) in [6, 6.07) is 4.38. The first-order chi connectivity index (χ1) is 18.1. The number of aliphatic carboxylic acids is 1. The number of carboxylic acids is 1. The minimum atomic E-state index is -4.67. The molecule has 4 rings (SSSR count). The van der Waals surface area contributed by atoms with E-state index in [1.165, 1.54) is 17.8 Å². The van der Waals surface area contributed by atoms with E-state index in [2.05, 4.69) is 26.4 Å². The van der Waals surface area contributed by atoms with Gasteiger partial charge in [0.05, 0.1) is 0 Å². The average molecular weight is 583 g/mol. The molecule has 0 radical (unpaired) electrons. The first kappa shape index (κ1) is 27.4. The fourth-order valence-electron chi connectivity index (χ4n) is 3.60. The van der Waals surface area contributed by atoms with Crippen LogP contribution < -0.4 is 15.0 Å². The molecule has 1 unspecified atom stereocenters. The fraction of sp³-hybridized carbons (Fsp3) is 0.250. The van der Waals surface area contributed by atoms with E-state index in [1.807, 2.05) is 11.2 Å². The van der Waals surface area contributed by atoms with Gasteiger partial charge < -0.3 is 25.0 Å². The molecule has 0 bridgehead atoms. The van der Waals surface area contributed by atoms with Gasteiger partial charge in [-0.2, -0.15) is 9.36 Å². The molecule has 0 aromatic carbocycles. The first-order valence-corrected chi connectivity index (χ1v) is 14.2. The molecule has 1 fully saturated rings. The number of anilines is 1. The summed E-state index contributed by atoms with van der Waals surface area (Å²) in [7, 11) is -4.67. The van der Waals surface area contributed by atoms with Gasteiger partial charge in [0.1, 0.15) is 23.7 Å². The van der Waals surface area contributed by atoms with Crippen molar-refractivity contribution >= 4 is 59.7 Å². The molecule has 15 nitrogen and oxygen atoms in total. The molecule has 0 aliphatic carbocycles. The fourth-order valence-corrected chi connectivity index (χ4v) is 6.18. The Labute approximate surface area is 223 Å². The standard InChI is InChI=1S/C20H20N7O8PS2/c1-2-8-35-23-12(15-22-20(38-25-15)24-36(32,33)34)16(28)21-13-17(29)27-14(19(30)31)11(10-37-18(13)27)9-26-6-4-3-5-7-26/h2-7,13,18H,1,8-10H2,(H4-,21,22,24,25,28,30,31,32,33,34)/p+1/t13?,18-/m1/s1. The van der Waals surface area contributed by atoms with Crippen molar-refractivity contribution in [3.63, 3.8) is 0 Å². The number of hydrogen-bond acceptors (Lipinski definition) is 10. The Morgan fingerprint density at radius 2 is 2.08 bits per heavy atom. The number of fused-ring (bicyclic) bond motifs is 1. The highest BCUT2D eigenvalue weighted by atomic mass is 32.2. The number of oxime groups is 1. The number of carbonyl (C=O) groups excluding carboxylic acids is 2. The Hall–Kier alpha value is -3.63. The summed E-state index contributed by atoms with van der Waals surface area (Å²) >= 11 is 1.87. The predicted molar refractivity (Wildman–Crippen MR) is 135 cm³/mol. The monoisotopic (exact) mass is 582 g/mol. The van der Waals surface area contributed by atoms with Crippen LogP contribution in [0.1, 0.15) is 5.82 Å². The molecule has 1 saturated heterocycles. The van der Waals surface area contributed by atoms with Crippen molar-refractivity contribution in [3.05, 3.63) is 60.3 Å². The van der Waals surface area contributed by atoms with E-state index in [4.69, 9.17) is 14.6 Å². The summed E-state index contributed by atoms with van der Waals surface area (Å²) in [6.07, 6.45) is 4.94. The maximum absolute atomic E-state index is 13.1. The third-order valence-corrected chi connectivity index (χ3v) is 7.75. The number of amides is 2. The van der Waals surface area contributed by atoms with Gasteiger partial charge in [0.25, 0.3) is 11.8 Å². The van der Waals surface area contributed by atoms with Gasteiger partial charge in [-0.25, -0.2) is 13.9 Å². The van der Waals surface area contributed by atoms with Crippen LogP contribution >= 0.6 is 31.0 Å². The van der Waals surface area contributed by atoms with Crippen LogP contribution in [0, 0.1) is 0 Å². The van der Waals surface area contributed by atoms with Gasteiger partial charge in [-0.15, -0.1) is 11.8 Å². The number of aromatic nitrogens is 3. The van der Waals surface area contributed by atoms with E-state index < -0.39 is 42.7 Å². The Kier molecular flexibility index (Phi) is 8.23. The molecule has 18 heteroatoms. The van der Waals surface area contributed by atoms with Gasteiger partial charge in [0, 0.05) is 35.0 Å². The smallest absolute Gasteiger partial charge is 0.429 e. The van der Waals surface area contributed by atoms with Crippen molar-refractivity contribution in [2.75, 3.05) is 17.4 Å². The minimum absolute atomic E-state index is 0.0713. The lowest BCUT2D eigenvalue weighted by Gasteiger charge is -2.49. The zero-order chi connectivity index (χ0) is 27.4. The lowest BCUT2D eigenvalue weighted by atomic mass is 10.0. The van der Waals surface area contributed by atoms with Crippen molar-refractivity contribution in [3.8, 4) is 0 Å². The zero-order valence-electron chi connectivity index (χ0n) is 19.3. The Balaban J connectivity index is 1.53. The van der Waals surface area contributed by atoms with E-state index in [1.54, 1.807) is 29.1 Å². The van der Waals surface area contributed by atoms with Crippen LogP contribution in [0.3, 0.4) is 0 Å². The first-order valence-electron chi connectivity index (χ1n) is 10.7. The Morgan fingerprint density at radius 3 is 2.74 bits per heavy atom. The third kappa shape index (κ3) is 6.08. The summed E-state index contributed by atoms with van der Waals surface area (Å²) in [4.78, 5) is 66.3. The summed E-state index contributed by atoms with van der Waals surface area (Å²) in [5.41, 5.74) is -0.0351. The number of hydrogen-bond donors (Lipinski definition) is 5. The number of carbonyl (C=O) groups is 3. The van der Waals surface area contributed by atoms with Crippen LogP contribution in [0.2, 0.25) is 0 Å². The second-order valence-corrected chi connectivity index (χ2v) is 10.9. The number of thioether (sulfide) groups is 1. The van der Waals surface area contributed by atoms with Gasteiger partial charge in [-0.1, -0.05) is 23.9 Å². The van der Waals surface area contributed by atoms with Gasteiger partial charge in [0.2, 0.25) is 16.7 Å². The normalized spacial score (nSPS) is 19.4. The number of nitrogens with one attached hydrogen (secondary N) is 2. The predicted octanol–water partition coefficient (Wildman–Crippen LogP) is -0.324. The maximum atomic E-state index is 13.1. The maximum Gasteiger partial charge on any atom is 0.429 e. The average Bonchev–Trinajstić information content (AvgIpc) is 3.31. The Bertz CT molecular complexity index is 1380. The molecule has 2 aromatic rings. The van der Waals surface area contributed by atoms with Crippen molar-refractivity contribution in [2.45, 2.75) is 18.0 Å². The Morgan fingerprint density at radius 1 is 1.34 bits per heavy atom. The van der Waals surface area contributed by atoms with Crippen LogP contribution in [0.4, 0.5) is 5.13 Å². The van der Waals surface area contributed by atoms with E-state index in [9.17, 15) is 24.1 Å². The van der Waals surface area contributed by atoms with Crippen LogP contribution in [-0.2, 0) is 30.3 Å². The molecule has 200 valence electrons. The molecule has 5 N–H and O–H groups in total. The highest BCUT2D eigenvalue weighted by Crippen LogP contribution is 2.40. The van der Waals surface area contributed by atoms with Crippen LogP contribution in [0.5, 0.6) is 0 Å². The lowest BCUT2D eigenvalue weighted by molar-refractivity contribution is -0.689. The minimum Gasteiger partial charge on any atom is -0.477 e. The summed E-state index contributed by atoms with van der Waals surface area (Å²) in [5, 5.41) is 17.0. The highest BCUT2D eigenvalue weighted by molar-refractivity contribution is 8.00. The van der Waals surface area contributed by atoms with Gasteiger partial charge in [0.15, 0.2) is 18.9 Å². The second-order valence-electron chi connectivity index (χ2n) is 7.77. The van der Waals surface area contributed by atoms with Gasteiger partial charge in [-0.3, -0.25) is 19.6 Å². The molecule has 2 aliphatic heterocycles. The molecule has 2 amide bonds. The second kappa shape index (κ2) is 11.4. The molecular formula is C20H21N7O8PS2+. The summed E-state index contributed by atoms with van der Waals surface area (Å²) in [6.45, 7) is 3.68. The highest BCUT2D eigenvalue weighted by Gasteiger charge is 2.54. The van der Waals surface area contributed by atoms with Gasteiger partial charge in [-0.05, 0) is 0 Å². The van der Waals surface area contributed by atoms with Crippen LogP contribution in [0.25, 0.3) is 0 Å². The summed E-state index contributed by atoms with van der Waals surface area (Å²) in [5.74, 6) is -2.76. The molecular weight excluding hydrogens is 561 g/mol. The molecule has 38 heavy (non-hydrogen) atoms. The number of rotatable bonds is 11. The van der Waals surface area contributed by atoms with Crippen molar-refractivity contribution in [2.24, 2.45) is 5.16 Å². The van der Waals surface area contributed by atoms with Crippen molar-refractivity contribution < 1.29 is 43.2 Å². The van der Waals surface area contributed by atoms with Gasteiger partial charge >= 0.3 is 13.7 Å².